The van der Waals surface area contributed by atoms with Crippen LogP contribution in [0.25, 0.3) is 0 Å². The molecule has 0 saturated heterocycles. The Hall–Kier alpha value is -2.21. The molecule has 0 aliphatic heterocycles. The van der Waals surface area contributed by atoms with Crippen LogP contribution < -0.4 is 16.0 Å². The zero-order valence-corrected chi connectivity index (χ0v) is 10.5. The standard InChI is InChI=1S/C13H16N4O2/c14-5-3-7-19-12-8-13(18)17(16-9-12)10-11-4-1-2-6-15-11/h1-2,4,6,8-9H,3,5,7,10,14H2. The van der Waals surface area contributed by atoms with Crippen molar-refractivity contribution in [2.45, 2.75) is 13.0 Å². The van der Waals surface area contributed by atoms with Crippen LogP contribution in [0.4, 0.5) is 0 Å². The Bertz CT molecular complexity index is 568. The van der Waals surface area contributed by atoms with Gasteiger partial charge < -0.3 is 10.5 Å². The molecule has 0 spiro atoms. The van der Waals surface area contributed by atoms with Gasteiger partial charge in [-0.2, -0.15) is 5.10 Å². The number of aromatic nitrogens is 3. The van der Waals surface area contributed by atoms with E-state index in [4.69, 9.17) is 10.5 Å². The molecule has 6 nitrogen and oxygen atoms in total. The number of nitrogens with zero attached hydrogens (tertiary/aromatic N) is 3. The minimum Gasteiger partial charge on any atom is -0.492 e. The topological polar surface area (TPSA) is 83.0 Å². The fourth-order valence-corrected chi connectivity index (χ4v) is 1.53. The van der Waals surface area contributed by atoms with E-state index in [0.29, 0.717) is 25.4 Å². The van der Waals surface area contributed by atoms with Crippen molar-refractivity contribution in [3.63, 3.8) is 0 Å². The van der Waals surface area contributed by atoms with E-state index in [1.807, 2.05) is 18.2 Å². The first-order valence-corrected chi connectivity index (χ1v) is 6.09. The highest BCUT2D eigenvalue weighted by atomic mass is 16.5. The van der Waals surface area contributed by atoms with Gasteiger partial charge in [0.1, 0.15) is 5.75 Å². The van der Waals surface area contributed by atoms with E-state index < -0.39 is 0 Å². The molecule has 0 aliphatic rings. The lowest BCUT2D eigenvalue weighted by Gasteiger charge is -2.07. The van der Waals surface area contributed by atoms with Gasteiger partial charge in [0.05, 0.1) is 25.0 Å². The van der Waals surface area contributed by atoms with Gasteiger partial charge in [-0.3, -0.25) is 9.78 Å². The molecule has 6 heteroatoms. The third-order valence-electron chi connectivity index (χ3n) is 2.50. The van der Waals surface area contributed by atoms with Crippen LogP contribution in [0.3, 0.4) is 0 Å². The van der Waals surface area contributed by atoms with Crippen LogP contribution in [0.15, 0.2) is 41.5 Å². The molecule has 0 saturated carbocycles. The molecule has 0 aliphatic carbocycles. The summed E-state index contributed by atoms with van der Waals surface area (Å²) >= 11 is 0. The van der Waals surface area contributed by atoms with Crippen LogP contribution in [-0.2, 0) is 6.54 Å². The van der Waals surface area contributed by atoms with Gasteiger partial charge in [0, 0.05) is 12.3 Å². The molecular formula is C13H16N4O2. The summed E-state index contributed by atoms with van der Waals surface area (Å²) in [6.45, 7) is 1.40. The lowest BCUT2D eigenvalue weighted by atomic mass is 10.3. The second-order valence-electron chi connectivity index (χ2n) is 4.00. The molecule has 0 bridgehead atoms. The van der Waals surface area contributed by atoms with Gasteiger partial charge in [-0.05, 0) is 25.1 Å². The predicted molar refractivity (Wildman–Crippen MR) is 71.0 cm³/mol. The highest BCUT2D eigenvalue weighted by molar-refractivity contribution is 5.14. The number of nitrogens with two attached hydrogens (primary N) is 1. The van der Waals surface area contributed by atoms with E-state index >= 15 is 0 Å². The highest BCUT2D eigenvalue weighted by Crippen LogP contribution is 2.04. The van der Waals surface area contributed by atoms with Gasteiger partial charge in [-0.15, -0.1) is 0 Å². The van der Waals surface area contributed by atoms with E-state index in [-0.39, 0.29) is 5.56 Å². The summed E-state index contributed by atoms with van der Waals surface area (Å²) in [5.74, 6) is 0.468. The Morgan fingerprint density at radius 3 is 2.95 bits per heavy atom. The maximum Gasteiger partial charge on any atom is 0.270 e. The first-order valence-electron chi connectivity index (χ1n) is 6.09. The van der Waals surface area contributed by atoms with Crippen LogP contribution >= 0.6 is 0 Å². The zero-order chi connectivity index (χ0) is 13.5. The molecule has 0 radical (unpaired) electrons. The van der Waals surface area contributed by atoms with E-state index in [9.17, 15) is 4.79 Å². The van der Waals surface area contributed by atoms with Crippen molar-refractivity contribution >= 4 is 0 Å². The summed E-state index contributed by atoms with van der Waals surface area (Å²) in [6, 6.07) is 6.97. The Kier molecular flexibility index (Phi) is 4.63. The molecule has 2 heterocycles. The van der Waals surface area contributed by atoms with Gasteiger partial charge in [0.2, 0.25) is 0 Å². The molecular weight excluding hydrogens is 244 g/mol. The number of hydrogen-bond donors (Lipinski definition) is 1. The molecule has 19 heavy (non-hydrogen) atoms. The van der Waals surface area contributed by atoms with Gasteiger partial charge >= 0.3 is 0 Å². The van der Waals surface area contributed by atoms with Crippen LogP contribution in [0.2, 0.25) is 0 Å². The van der Waals surface area contributed by atoms with E-state index in [2.05, 4.69) is 10.1 Å². The summed E-state index contributed by atoms with van der Waals surface area (Å²) in [5, 5.41) is 4.06. The van der Waals surface area contributed by atoms with Crippen molar-refractivity contribution in [1.29, 1.82) is 0 Å². The second-order valence-corrected chi connectivity index (χ2v) is 4.00. The van der Waals surface area contributed by atoms with Crippen molar-refractivity contribution in [2.24, 2.45) is 5.73 Å². The molecule has 0 unspecified atom stereocenters. The lowest BCUT2D eigenvalue weighted by Crippen LogP contribution is -2.23. The van der Waals surface area contributed by atoms with Crippen LogP contribution in [0.1, 0.15) is 12.1 Å². The van der Waals surface area contributed by atoms with E-state index in [1.54, 1.807) is 6.20 Å². The maximum atomic E-state index is 11.8. The molecule has 0 amide bonds. The molecule has 2 aromatic heterocycles. The fraction of sp³-hybridized carbons (Fsp3) is 0.308. The molecule has 2 rings (SSSR count). The van der Waals surface area contributed by atoms with Gasteiger partial charge in [0.15, 0.2) is 0 Å². The summed E-state index contributed by atoms with van der Waals surface area (Å²) in [5.41, 5.74) is 5.94. The SMILES string of the molecule is NCCCOc1cnn(Cc2ccccn2)c(=O)c1. The average Bonchev–Trinajstić information content (AvgIpc) is 2.43. The minimum absolute atomic E-state index is 0.212. The van der Waals surface area contributed by atoms with Crippen molar-refractivity contribution in [3.8, 4) is 5.75 Å². The van der Waals surface area contributed by atoms with Gasteiger partial charge in [0.25, 0.3) is 5.56 Å². The number of ether oxygens (including phenoxy) is 1. The molecule has 0 aromatic carbocycles. The largest absolute Gasteiger partial charge is 0.492 e. The monoisotopic (exact) mass is 260 g/mol. The van der Waals surface area contributed by atoms with Crippen LogP contribution in [-0.4, -0.2) is 27.9 Å². The minimum atomic E-state index is -0.212. The molecule has 2 N–H and O–H groups in total. The van der Waals surface area contributed by atoms with Crippen molar-refractivity contribution < 1.29 is 4.74 Å². The second kappa shape index (κ2) is 6.65. The van der Waals surface area contributed by atoms with Gasteiger partial charge in [-0.1, -0.05) is 6.07 Å². The quantitative estimate of drug-likeness (QED) is 0.761. The van der Waals surface area contributed by atoms with Crippen LogP contribution in [0.5, 0.6) is 5.75 Å². The molecule has 0 atom stereocenters. The Morgan fingerprint density at radius 2 is 2.26 bits per heavy atom. The zero-order valence-electron chi connectivity index (χ0n) is 10.5. The molecule has 100 valence electrons. The number of rotatable bonds is 6. The Morgan fingerprint density at radius 1 is 1.37 bits per heavy atom. The first kappa shape index (κ1) is 13.2. The predicted octanol–water partition coefficient (Wildman–Crippen LogP) is 0.414. The lowest BCUT2D eigenvalue weighted by molar-refractivity contribution is 0.309. The third kappa shape index (κ3) is 3.89. The van der Waals surface area contributed by atoms with Crippen LogP contribution in [0, 0.1) is 0 Å². The van der Waals surface area contributed by atoms with Crippen molar-refractivity contribution in [3.05, 3.63) is 52.7 Å². The van der Waals surface area contributed by atoms with Crippen molar-refractivity contribution in [1.82, 2.24) is 14.8 Å². The third-order valence-corrected chi connectivity index (χ3v) is 2.50. The number of pyridine rings is 1. The summed E-state index contributed by atoms with van der Waals surface area (Å²) < 4.78 is 6.71. The molecule has 0 fully saturated rings. The smallest absolute Gasteiger partial charge is 0.270 e. The Balaban J connectivity index is 2.05. The molecule has 2 aromatic rings. The maximum absolute atomic E-state index is 11.8. The average molecular weight is 260 g/mol. The summed E-state index contributed by atoms with van der Waals surface area (Å²) in [7, 11) is 0. The first-order chi connectivity index (χ1) is 9.29. The Labute approximate surface area is 110 Å². The van der Waals surface area contributed by atoms with E-state index in [0.717, 1.165) is 12.1 Å². The van der Waals surface area contributed by atoms with Gasteiger partial charge in [-0.25, -0.2) is 4.68 Å². The fourth-order valence-electron chi connectivity index (χ4n) is 1.53. The summed E-state index contributed by atoms with van der Waals surface area (Å²) in [4.78, 5) is 16.0. The summed E-state index contributed by atoms with van der Waals surface area (Å²) in [6.07, 6.45) is 3.96. The van der Waals surface area contributed by atoms with Crippen molar-refractivity contribution in [2.75, 3.05) is 13.2 Å². The normalized spacial score (nSPS) is 10.4. The van der Waals surface area contributed by atoms with E-state index in [1.165, 1.54) is 16.9 Å². The number of hydrogen-bond acceptors (Lipinski definition) is 5. The highest BCUT2D eigenvalue weighted by Gasteiger charge is 2.02.